The Morgan fingerprint density at radius 3 is 2.32 bits per heavy atom. The van der Waals surface area contributed by atoms with Crippen molar-refractivity contribution in [1.82, 2.24) is 10.2 Å². The van der Waals surface area contributed by atoms with Crippen LogP contribution in [0.3, 0.4) is 0 Å². The van der Waals surface area contributed by atoms with Gasteiger partial charge in [-0.15, -0.1) is 0 Å². The molecule has 31 heavy (non-hydrogen) atoms. The van der Waals surface area contributed by atoms with Gasteiger partial charge in [0, 0.05) is 31.1 Å². The molecule has 0 saturated carbocycles. The Hall–Kier alpha value is -3.35. The second kappa shape index (κ2) is 11.2. The molecule has 0 aliphatic carbocycles. The lowest BCUT2D eigenvalue weighted by atomic mass is 10.0. The molecule has 2 aromatic rings. The molecule has 1 N–H and O–H groups in total. The number of hydrogen-bond acceptors (Lipinski definition) is 5. The van der Waals surface area contributed by atoms with E-state index in [0.717, 1.165) is 24.8 Å². The number of amides is 2. The van der Waals surface area contributed by atoms with Gasteiger partial charge in [-0.05, 0) is 56.0 Å². The molecule has 1 fully saturated rings. The summed E-state index contributed by atoms with van der Waals surface area (Å²) in [4.78, 5) is 38.2. The van der Waals surface area contributed by atoms with Gasteiger partial charge in [-0.1, -0.05) is 30.3 Å². The van der Waals surface area contributed by atoms with E-state index < -0.39 is 6.16 Å². The number of benzene rings is 2. The van der Waals surface area contributed by atoms with Gasteiger partial charge in [0.25, 0.3) is 5.91 Å². The molecule has 0 aromatic heterocycles. The van der Waals surface area contributed by atoms with Crippen molar-refractivity contribution in [1.29, 1.82) is 0 Å². The van der Waals surface area contributed by atoms with E-state index in [1.54, 1.807) is 31.2 Å². The van der Waals surface area contributed by atoms with Crippen molar-refractivity contribution in [3.05, 3.63) is 65.7 Å². The number of aryl methyl sites for hydroxylation is 1. The Morgan fingerprint density at radius 2 is 1.68 bits per heavy atom. The van der Waals surface area contributed by atoms with E-state index in [2.05, 4.69) is 5.32 Å². The van der Waals surface area contributed by atoms with Gasteiger partial charge in [-0.25, -0.2) is 4.79 Å². The monoisotopic (exact) mass is 424 g/mol. The van der Waals surface area contributed by atoms with Crippen LogP contribution in [-0.4, -0.2) is 48.6 Å². The second-order valence-electron chi connectivity index (χ2n) is 7.42. The van der Waals surface area contributed by atoms with Gasteiger partial charge in [0.1, 0.15) is 5.75 Å². The van der Waals surface area contributed by atoms with E-state index in [-0.39, 0.29) is 24.5 Å². The molecule has 1 heterocycles. The van der Waals surface area contributed by atoms with Gasteiger partial charge in [0.15, 0.2) is 0 Å². The Labute approximate surface area is 182 Å². The first-order chi connectivity index (χ1) is 15.0. The first-order valence-electron chi connectivity index (χ1n) is 10.6. The number of piperidine rings is 1. The zero-order valence-corrected chi connectivity index (χ0v) is 17.7. The van der Waals surface area contributed by atoms with Crippen LogP contribution < -0.4 is 10.1 Å². The number of ether oxygens (including phenoxy) is 2. The second-order valence-corrected chi connectivity index (χ2v) is 7.42. The minimum absolute atomic E-state index is 0.0288. The van der Waals surface area contributed by atoms with Crippen molar-refractivity contribution in [2.75, 3.05) is 19.7 Å². The summed E-state index contributed by atoms with van der Waals surface area (Å²) in [6, 6.07) is 16.3. The van der Waals surface area contributed by atoms with Crippen molar-refractivity contribution in [2.24, 2.45) is 0 Å². The summed E-state index contributed by atoms with van der Waals surface area (Å²) in [6.45, 7) is 3.21. The van der Waals surface area contributed by atoms with E-state index in [1.807, 2.05) is 35.2 Å². The maximum absolute atomic E-state index is 12.5. The quantitative estimate of drug-likeness (QED) is 0.543. The van der Waals surface area contributed by atoms with Gasteiger partial charge < -0.3 is 19.7 Å². The molecule has 1 saturated heterocycles. The smallest absolute Gasteiger partial charge is 0.434 e. The first-order valence-corrected chi connectivity index (χ1v) is 10.6. The maximum Gasteiger partial charge on any atom is 0.513 e. The third-order valence-corrected chi connectivity index (χ3v) is 5.23. The van der Waals surface area contributed by atoms with E-state index in [0.29, 0.717) is 30.8 Å². The minimum Gasteiger partial charge on any atom is -0.434 e. The molecule has 1 aliphatic heterocycles. The summed E-state index contributed by atoms with van der Waals surface area (Å²) < 4.78 is 9.71. The van der Waals surface area contributed by atoms with E-state index in [1.165, 1.54) is 0 Å². The molecule has 2 amide bonds. The summed E-state index contributed by atoms with van der Waals surface area (Å²) >= 11 is 0. The molecule has 164 valence electrons. The van der Waals surface area contributed by atoms with E-state index in [9.17, 15) is 14.4 Å². The molecule has 1 aliphatic rings. The van der Waals surface area contributed by atoms with Crippen molar-refractivity contribution in [2.45, 2.75) is 38.6 Å². The predicted octanol–water partition coefficient (Wildman–Crippen LogP) is 3.58. The Morgan fingerprint density at radius 1 is 1.00 bits per heavy atom. The number of nitrogens with one attached hydrogen (secondary N) is 1. The molecular weight excluding hydrogens is 396 g/mol. The van der Waals surface area contributed by atoms with Gasteiger partial charge in [-0.3, -0.25) is 9.59 Å². The number of hydrogen-bond donors (Lipinski definition) is 1. The van der Waals surface area contributed by atoms with Gasteiger partial charge in [0.05, 0.1) is 6.61 Å². The van der Waals surface area contributed by atoms with Gasteiger partial charge >= 0.3 is 6.16 Å². The fourth-order valence-electron chi connectivity index (χ4n) is 3.51. The average Bonchev–Trinajstić information content (AvgIpc) is 2.79. The third-order valence-electron chi connectivity index (χ3n) is 5.23. The van der Waals surface area contributed by atoms with Crippen LogP contribution in [0.2, 0.25) is 0 Å². The zero-order valence-electron chi connectivity index (χ0n) is 17.7. The Bertz CT molecular complexity index is 875. The molecule has 2 aromatic carbocycles. The molecule has 7 nitrogen and oxygen atoms in total. The predicted molar refractivity (Wildman–Crippen MR) is 116 cm³/mol. The zero-order chi connectivity index (χ0) is 22.1. The molecule has 0 spiro atoms. The summed E-state index contributed by atoms with van der Waals surface area (Å²) in [7, 11) is 0. The first kappa shape index (κ1) is 22.3. The minimum atomic E-state index is -0.773. The molecular formula is C24H28N2O5. The van der Waals surface area contributed by atoms with E-state index >= 15 is 0 Å². The fourth-order valence-corrected chi connectivity index (χ4v) is 3.51. The topological polar surface area (TPSA) is 84.9 Å². The van der Waals surface area contributed by atoms with Gasteiger partial charge in [-0.2, -0.15) is 0 Å². The number of rotatable bonds is 7. The molecule has 3 rings (SSSR count). The van der Waals surface area contributed by atoms with E-state index in [4.69, 9.17) is 9.47 Å². The van der Waals surface area contributed by atoms with Crippen LogP contribution in [0.4, 0.5) is 4.79 Å². The molecule has 7 heteroatoms. The van der Waals surface area contributed by atoms with Crippen LogP contribution in [0.25, 0.3) is 0 Å². The van der Waals surface area contributed by atoms with Gasteiger partial charge in [0.2, 0.25) is 5.91 Å². The highest BCUT2D eigenvalue weighted by molar-refractivity contribution is 5.94. The SMILES string of the molecule is CCOC(=O)Oc1ccc(C(=O)NC2CCN(C(=O)CCc3ccccc3)CC2)cc1. The van der Waals surface area contributed by atoms with Crippen LogP contribution >= 0.6 is 0 Å². The van der Waals surface area contributed by atoms with Crippen LogP contribution in [0.15, 0.2) is 54.6 Å². The Balaban J connectivity index is 1.41. The molecule has 0 unspecified atom stereocenters. The lowest BCUT2D eigenvalue weighted by Gasteiger charge is -2.32. The van der Waals surface area contributed by atoms with Crippen molar-refractivity contribution < 1.29 is 23.9 Å². The highest BCUT2D eigenvalue weighted by atomic mass is 16.7. The van der Waals surface area contributed by atoms with Crippen molar-refractivity contribution in [3.63, 3.8) is 0 Å². The normalized spacial score (nSPS) is 14.0. The number of carbonyl (C=O) groups excluding carboxylic acids is 3. The van der Waals surface area contributed by atoms with Crippen LogP contribution in [0, 0.1) is 0 Å². The largest absolute Gasteiger partial charge is 0.513 e. The van der Waals surface area contributed by atoms with Crippen LogP contribution in [0.1, 0.15) is 42.1 Å². The number of nitrogens with zero attached hydrogens (tertiary/aromatic N) is 1. The lowest BCUT2D eigenvalue weighted by molar-refractivity contribution is -0.132. The summed E-state index contributed by atoms with van der Waals surface area (Å²) in [5.41, 5.74) is 1.65. The average molecular weight is 424 g/mol. The summed E-state index contributed by atoms with van der Waals surface area (Å²) in [6.07, 6.45) is 1.93. The molecule has 0 bridgehead atoms. The summed E-state index contributed by atoms with van der Waals surface area (Å²) in [5.74, 6) is 0.291. The van der Waals surface area contributed by atoms with Crippen LogP contribution in [-0.2, 0) is 16.0 Å². The highest BCUT2D eigenvalue weighted by Gasteiger charge is 2.24. The maximum atomic E-state index is 12.5. The number of likely N-dealkylation sites (tertiary alicyclic amines) is 1. The molecule has 0 atom stereocenters. The van der Waals surface area contributed by atoms with Crippen molar-refractivity contribution in [3.8, 4) is 5.75 Å². The van der Waals surface area contributed by atoms with Crippen molar-refractivity contribution >= 4 is 18.0 Å². The third kappa shape index (κ3) is 6.84. The summed E-state index contributed by atoms with van der Waals surface area (Å²) in [5, 5.41) is 3.02. The van der Waals surface area contributed by atoms with Crippen LogP contribution in [0.5, 0.6) is 5.75 Å². The lowest BCUT2D eigenvalue weighted by Crippen LogP contribution is -2.46. The molecule has 0 radical (unpaired) electrons. The number of carbonyl (C=O) groups is 3. The standard InChI is InChI=1S/C24H28N2O5/c1-2-30-24(29)31-21-11-9-19(10-12-21)23(28)25-20-14-16-26(17-15-20)22(27)13-8-18-6-4-3-5-7-18/h3-7,9-12,20H,2,8,13-17H2,1H3,(H,25,28). The Kier molecular flexibility index (Phi) is 8.04. The fraction of sp³-hybridized carbons (Fsp3) is 0.375. The highest BCUT2D eigenvalue weighted by Crippen LogP contribution is 2.16.